The molecule has 0 heterocycles. The molecule has 0 aliphatic carbocycles. The van der Waals surface area contributed by atoms with Crippen molar-refractivity contribution < 1.29 is 28.6 Å². The van der Waals surface area contributed by atoms with E-state index in [0.717, 1.165) is 0 Å². The molecule has 0 saturated heterocycles. The van der Waals surface area contributed by atoms with Gasteiger partial charge in [-0.1, -0.05) is 12.1 Å². The van der Waals surface area contributed by atoms with Gasteiger partial charge in [0.15, 0.2) is 11.5 Å². The Morgan fingerprint density at radius 2 is 1.67 bits per heavy atom. The van der Waals surface area contributed by atoms with Gasteiger partial charge >= 0.3 is 5.97 Å². The van der Waals surface area contributed by atoms with Gasteiger partial charge in [0, 0.05) is 12.1 Å². The zero-order valence-electron chi connectivity index (χ0n) is 15.2. The van der Waals surface area contributed by atoms with Gasteiger partial charge in [-0.15, -0.1) is 0 Å². The Hall–Kier alpha value is -3.09. The van der Waals surface area contributed by atoms with Gasteiger partial charge in [-0.2, -0.15) is 0 Å². The van der Waals surface area contributed by atoms with Crippen LogP contribution in [0.4, 0.5) is 4.39 Å². The van der Waals surface area contributed by atoms with Crippen LogP contribution in [0.15, 0.2) is 42.5 Å². The molecule has 0 saturated carbocycles. The van der Waals surface area contributed by atoms with E-state index in [4.69, 9.17) is 9.47 Å². The summed E-state index contributed by atoms with van der Waals surface area (Å²) in [5.74, 6) is -2.00. The average Bonchev–Trinajstić information content (AvgIpc) is 2.64. The Morgan fingerprint density at radius 3 is 2.26 bits per heavy atom. The minimum Gasteiger partial charge on any atom is -0.490 e. The summed E-state index contributed by atoms with van der Waals surface area (Å²) in [5, 5.41) is 12.0. The summed E-state index contributed by atoms with van der Waals surface area (Å²) in [4.78, 5) is 23.9. The van der Waals surface area contributed by atoms with E-state index in [1.807, 2.05) is 13.8 Å². The van der Waals surface area contributed by atoms with E-state index in [-0.39, 0.29) is 6.54 Å². The fourth-order valence-electron chi connectivity index (χ4n) is 2.53. The van der Waals surface area contributed by atoms with Crippen LogP contribution in [0.2, 0.25) is 0 Å². The second-order valence-electron chi connectivity index (χ2n) is 5.68. The fraction of sp³-hybridized carbons (Fsp3) is 0.300. The quantitative estimate of drug-likeness (QED) is 0.703. The van der Waals surface area contributed by atoms with Crippen molar-refractivity contribution in [1.29, 1.82) is 0 Å². The SMILES string of the molecule is CCOc1ccc(C(=O)NCC(C(=O)O)c2ccc(F)cc2)cc1OCC. The van der Waals surface area contributed by atoms with E-state index in [1.165, 1.54) is 24.3 Å². The van der Waals surface area contributed by atoms with Crippen LogP contribution in [-0.2, 0) is 4.79 Å². The lowest BCUT2D eigenvalue weighted by Crippen LogP contribution is -2.31. The molecule has 2 aromatic carbocycles. The highest BCUT2D eigenvalue weighted by atomic mass is 19.1. The van der Waals surface area contributed by atoms with Gasteiger partial charge in [0.2, 0.25) is 0 Å². The monoisotopic (exact) mass is 375 g/mol. The second kappa shape index (κ2) is 9.56. The lowest BCUT2D eigenvalue weighted by molar-refractivity contribution is -0.138. The van der Waals surface area contributed by atoms with Crippen LogP contribution < -0.4 is 14.8 Å². The molecule has 2 rings (SSSR count). The average molecular weight is 375 g/mol. The maximum atomic E-state index is 13.0. The zero-order chi connectivity index (χ0) is 19.8. The van der Waals surface area contributed by atoms with Gasteiger partial charge in [0.25, 0.3) is 5.91 Å². The number of carbonyl (C=O) groups is 2. The second-order valence-corrected chi connectivity index (χ2v) is 5.68. The van der Waals surface area contributed by atoms with Gasteiger partial charge in [0.1, 0.15) is 5.82 Å². The van der Waals surface area contributed by atoms with Crippen LogP contribution >= 0.6 is 0 Å². The minimum absolute atomic E-state index is 0.128. The Morgan fingerprint density at radius 1 is 1.04 bits per heavy atom. The number of amides is 1. The molecule has 1 amide bonds. The highest BCUT2D eigenvalue weighted by molar-refractivity contribution is 5.95. The van der Waals surface area contributed by atoms with Gasteiger partial charge in [0.05, 0.1) is 19.1 Å². The molecule has 7 heteroatoms. The number of ether oxygens (including phenoxy) is 2. The Labute approximate surface area is 156 Å². The summed E-state index contributed by atoms with van der Waals surface area (Å²) in [6.07, 6.45) is 0. The van der Waals surface area contributed by atoms with Crippen LogP contribution in [-0.4, -0.2) is 36.7 Å². The summed E-state index contributed by atoms with van der Waals surface area (Å²) in [5.41, 5.74) is 0.732. The standard InChI is InChI=1S/C20H22FNO5/c1-3-26-17-10-7-14(11-18(17)27-4-2)19(23)22-12-16(20(24)25)13-5-8-15(21)9-6-13/h5-11,16H,3-4,12H2,1-2H3,(H,22,23)(H,24,25). The van der Waals surface area contributed by atoms with Crippen LogP contribution in [0.1, 0.15) is 35.7 Å². The first kappa shape index (κ1) is 20.2. The van der Waals surface area contributed by atoms with Crippen molar-refractivity contribution in [2.45, 2.75) is 19.8 Å². The summed E-state index contributed by atoms with van der Waals surface area (Å²) in [6, 6.07) is 9.93. The molecule has 0 fully saturated rings. The maximum absolute atomic E-state index is 13.0. The number of aliphatic carboxylic acids is 1. The van der Waals surface area contributed by atoms with E-state index in [2.05, 4.69) is 5.32 Å². The predicted octanol–water partition coefficient (Wildman–Crippen LogP) is 3.22. The van der Waals surface area contributed by atoms with Crippen molar-refractivity contribution in [2.75, 3.05) is 19.8 Å². The molecule has 0 spiro atoms. The fourth-order valence-corrected chi connectivity index (χ4v) is 2.53. The van der Waals surface area contributed by atoms with Crippen LogP contribution in [0, 0.1) is 5.82 Å². The lowest BCUT2D eigenvalue weighted by atomic mass is 9.99. The third kappa shape index (κ3) is 5.44. The molecule has 2 aromatic rings. The van der Waals surface area contributed by atoms with E-state index in [0.29, 0.717) is 35.8 Å². The van der Waals surface area contributed by atoms with E-state index >= 15 is 0 Å². The molecule has 6 nitrogen and oxygen atoms in total. The molecule has 0 aliphatic rings. The zero-order valence-corrected chi connectivity index (χ0v) is 15.2. The van der Waals surface area contributed by atoms with Crippen LogP contribution in [0.3, 0.4) is 0 Å². The Balaban J connectivity index is 2.12. The lowest BCUT2D eigenvalue weighted by Gasteiger charge is -2.15. The summed E-state index contributed by atoms with van der Waals surface area (Å²) >= 11 is 0. The first-order valence-corrected chi connectivity index (χ1v) is 8.62. The van der Waals surface area contributed by atoms with Crippen LogP contribution in [0.5, 0.6) is 11.5 Å². The molecular weight excluding hydrogens is 353 g/mol. The molecule has 0 aromatic heterocycles. The highest BCUT2D eigenvalue weighted by Gasteiger charge is 2.21. The molecule has 0 bridgehead atoms. The molecule has 0 aliphatic heterocycles. The van der Waals surface area contributed by atoms with Crippen molar-refractivity contribution >= 4 is 11.9 Å². The highest BCUT2D eigenvalue weighted by Crippen LogP contribution is 2.28. The van der Waals surface area contributed by atoms with Crippen molar-refractivity contribution in [1.82, 2.24) is 5.32 Å². The van der Waals surface area contributed by atoms with Gasteiger partial charge in [-0.05, 0) is 49.7 Å². The molecule has 0 radical (unpaired) electrons. The number of rotatable bonds is 9. The van der Waals surface area contributed by atoms with E-state index < -0.39 is 23.6 Å². The van der Waals surface area contributed by atoms with Crippen molar-refractivity contribution in [2.24, 2.45) is 0 Å². The Bertz CT molecular complexity index is 791. The molecule has 1 unspecified atom stereocenters. The summed E-state index contributed by atoms with van der Waals surface area (Å²) in [7, 11) is 0. The normalized spacial score (nSPS) is 11.5. The van der Waals surface area contributed by atoms with Crippen molar-refractivity contribution in [3.8, 4) is 11.5 Å². The molecule has 2 N–H and O–H groups in total. The van der Waals surface area contributed by atoms with Crippen molar-refractivity contribution in [3.63, 3.8) is 0 Å². The number of hydrogen-bond acceptors (Lipinski definition) is 4. The molecular formula is C20H22FNO5. The topological polar surface area (TPSA) is 84.9 Å². The maximum Gasteiger partial charge on any atom is 0.312 e. The number of carboxylic acids is 1. The third-order valence-corrected chi connectivity index (χ3v) is 3.84. The van der Waals surface area contributed by atoms with Crippen molar-refractivity contribution in [3.05, 3.63) is 59.4 Å². The van der Waals surface area contributed by atoms with E-state index in [9.17, 15) is 19.1 Å². The van der Waals surface area contributed by atoms with Crippen LogP contribution in [0.25, 0.3) is 0 Å². The first-order chi connectivity index (χ1) is 13.0. The Kier molecular flexibility index (Phi) is 7.16. The molecule has 144 valence electrons. The summed E-state index contributed by atoms with van der Waals surface area (Å²) in [6.45, 7) is 4.41. The number of benzene rings is 2. The third-order valence-electron chi connectivity index (χ3n) is 3.84. The largest absolute Gasteiger partial charge is 0.490 e. The number of carbonyl (C=O) groups excluding carboxylic acids is 1. The predicted molar refractivity (Wildman–Crippen MR) is 97.9 cm³/mol. The van der Waals surface area contributed by atoms with Gasteiger partial charge in [-0.3, -0.25) is 9.59 Å². The smallest absolute Gasteiger partial charge is 0.312 e. The number of halogens is 1. The molecule has 1 atom stereocenters. The van der Waals surface area contributed by atoms with Gasteiger partial charge < -0.3 is 19.9 Å². The number of carboxylic acid groups (broad SMARTS) is 1. The first-order valence-electron chi connectivity index (χ1n) is 8.62. The van der Waals surface area contributed by atoms with E-state index in [1.54, 1.807) is 18.2 Å². The molecule has 27 heavy (non-hydrogen) atoms. The number of nitrogens with one attached hydrogen (secondary N) is 1. The van der Waals surface area contributed by atoms with Gasteiger partial charge in [-0.25, -0.2) is 4.39 Å². The number of hydrogen-bond donors (Lipinski definition) is 2. The summed E-state index contributed by atoms with van der Waals surface area (Å²) < 4.78 is 24.0. The minimum atomic E-state index is -1.11.